The minimum absolute atomic E-state index is 0.0730. The van der Waals surface area contributed by atoms with E-state index >= 15 is 0 Å². The Balaban J connectivity index is 1.88. The summed E-state index contributed by atoms with van der Waals surface area (Å²) in [6.07, 6.45) is 0.800. The van der Waals surface area contributed by atoms with Crippen LogP contribution in [0.2, 0.25) is 10.0 Å². The monoisotopic (exact) mass is 423 g/mol. The van der Waals surface area contributed by atoms with E-state index in [-0.39, 0.29) is 11.3 Å². The Morgan fingerprint density at radius 2 is 1.52 bits per heavy atom. The van der Waals surface area contributed by atoms with Crippen LogP contribution in [0.5, 0.6) is 0 Å². The van der Waals surface area contributed by atoms with Gasteiger partial charge in [-0.1, -0.05) is 78.7 Å². The Labute approximate surface area is 182 Å². The number of halogens is 2. The smallest absolute Gasteiger partial charge is 0.258 e. The van der Waals surface area contributed by atoms with Crippen molar-refractivity contribution in [3.05, 3.63) is 99.5 Å². The first-order valence-corrected chi connectivity index (χ1v) is 10.4. The molecule has 0 spiro atoms. The molecule has 1 heterocycles. The summed E-state index contributed by atoms with van der Waals surface area (Å²) in [6, 6.07) is 23.8. The van der Waals surface area contributed by atoms with Gasteiger partial charge in [0.2, 0.25) is 0 Å². The summed E-state index contributed by atoms with van der Waals surface area (Å²) >= 11 is 12.2. The van der Waals surface area contributed by atoms with E-state index in [2.05, 4.69) is 51.1 Å². The van der Waals surface area contributed by atoms with Crippen LogP contribution in [0.25, 0.3) is 0 Å². The van der Waals surface area contributed by atoms with Gasteiger partial charge in [-0.25, -0.2) is 0 Å². The molecule has 0 N–H and O–H groups in total. The summed E-state index contributed by atoms with van der Waals surface area (Å²) in [6.45, 7) is 6.52. The van der Waals surface area contributed by atoms with Crippen LogP contribution >= 0.6 is 23.2 Å². The van der Waals surface area contributed by atoms with Crippen LogP contribution in [-0.2, 0) is 5.41 Å². The number of carbonyl (C=O) groups is 1. The molecular weight excluding hydrogens is 401 g/mol. The topological polar surface area (TPSA) is 20.3 Å². The van der Waals surface area contributed by atoms with Crippen molar-refractivity contribution in [1.82, 2.24) is 0 Å². The Kier molecular flexibility index (Phi) is 4.96. The zero-order valence-electron chi connectivity index (χ0n) is 16.7. The number of nitrogens with zero attached hydrogens (tertiary/aromatic N) is 1. The molecule has 1 atom stereocenters. The lowest BCUT2D eigenvalue weighted by Gasteiger charge is -2.51. The van der Waals surface area contributed by atoms with Gasteiger partial charge in [-0.15, -0.1) is 0 Å². The van der Waals surface area contributed by atoms with Gasteiger partial charge in [-0.05, 0) is 55.7 Å². The predicted octanol–water partition coefficient (Wildman–Crippen LogP) is 7.13. The van der Waals surface area contributed by atoms with Gasteiger partial charge >= 0.3 is 0 Å². The first kappa shape index (κ1) is 20.0. The van der Waals surface area contributed by atoms with Gasteiger partial charge in [-0.3, -0.25) is 4.79 Å². The Morgan fingerprint density at radius 3 is 2.21 bits per heavy atom. The average molecular weight is 424 g/mol. The molecule has 29 heavy (non-hydrogen) atoms. The first-order valence-electron chi connectivity index (χ1n) is 9.69. The second-order valence-corrected chi connectivity index (χ2v) is 9.29. The van der Waals surface area contributed by atoms with Gasteiger partial charge in [-0.2, -0.15) is 0 Å². The van der Waals surface area contributed by atoms with Crippen LogP contribution in [0.1, 0.15) is 48.7 Å². The lowest BCUT2D eigenvalue weighted by molar-refractivity contribution is 0.0948. The maximum Gasteiger partial charge on any atom is 0.258 e. The van der Waals surface area contributed by atoms with Gasteiger partial charge in [0.1, 0.15) is 0 Å². The van der Waals surface area contributed by atoms with Crippen molar-refractivity contribution in [1.29, 1.82) is 0 Å². The standard InChI is InChI=1S/C25H23Cl2NO/c1-24(2)16-25(3,18-9-5-4-6-10-18)19-11-7-8-12-22(19)28(24)23(29)17-13-14-20(26)21(27)15-17/h4-15H,16H2,1-3H3/t25-/m1/s1. The average Bonchev–Trinajstić information content (AvgIpc) is 2.70. The molecule has 2 nitrogen and oxygen atoms in total. The minimum atomic E-state index is -0.401. The van der Waals surface area contributed by atoms with Gasteiger partial charge in [0, 0.05) is 22.2 Å². The van der Waals surface area contributed by atoms with Crippen LogP contribution in [0.15, 0.2) is 72.8 Å². The van der Waals surface area contributed by atoms with E-state index in [0.29, 0.717) is 15.6 Å². The zero-order chi connectivity index (χ0) is 20.8. The highest BCUT2D eigenvalue weighted by Gasteiger charge is 2.47. The number of fused-ring (bicyclic) bond motifs is 1. The molecule has 1 aliphatic heterocycles. The molecule has 3 aromatic carbocycles. The Hall–Kier alpha value is -2.29. The molecule has 0 radical (unpaired) electrons. The molecule has 0 fully saturated rings. The number of hydrogen-bond donors (Lipinski definition) is 0. The number of benzene rings is 3. The van der Waals surface area contributed by atoms with Gasteiger partial charge in [0.05, 0.1) is 10.0 Å². The van der Waals surface area contributed by atoms with E-state index in [4.69, 9.17) is 23.2 Å². The van der Waals surface area contributed by atoms with Gasteiger partial charge in [0.25, 0.3) is 5.91 Å². The van der Waals surface area contributed by atoms with Crippen LogP contribution in [0.4, 0.5) is 5.69 Å². The number of para-hydroxylation sites is 1. The molecule has 3 aromatic rings. The van der Waals surface area contributed by atoms with Crippen molar-refractivity contribution in [2.75, 3.05) is 4.90 Å². The molecule has 0 aliphatic carbocycles. The summed E-state index contributed by atoms with van der Waals surface area (Å²) in [5.74, 6) is -0.0730. The van der Waals surface area contributed by atoms with Crippen LogP contribution in [-0.4, -0.2) is 11.4 Å². The van der Waals surface area contributed by atoms with Crippen LogP contribution < -0.4 is 4.90 Å². The van der Waals surface area contributed by atoms with Crippen LogP contribution in [0, 0.1) is 0 Å². The normalized spacial score (nSPS) is 20.2. The number of carbonyl (C=O) groups excluding carboxylic acids is 1. The molecule has 0 saturated carbocycles. The summed E-state index contributed by atoms with van der Waals surface area (Å²) in [4.78, 5) is 15.5. The molecule has 1 amide bonds. The van der Waals surface area contributed by atoms with Gasteiger partial charge < -0.3 is 4.90 Å². The predicted molar refractivity (Wildman–Crippen MR) is 121 cm³/mol. The third kappa shape index (κ3) is 3.35. The molecule has 148 valence electrons. The first-order chi connectivity index (χ1) is 13.7. The second kappa shape index (κ2) is 7.19. The summed E-state index contributed by atoms with van der Waals surface area (Å²) in [5, 5.41) is 0.827. The van der Waals surface area contributed by atoms with Crippen molar-refractivity contribution in [3.63, 3.8) is 0 Å². The van der Waals surface area contributed by atoms with E-state index in [9.17, 15) is 4.79 Å². The van der Waals surface area contributed by atoms with Crippen molar-refractivity contribution in [3.8, 4) is 0 Å². The van der Waals surface area contributed by atoms with E-state index in [1.54, 1.807) is 18.2 Å². The molecule has 1 aliphatic rings. The second-order valence-electron chi connectivity index (χ2n) is 8.47. The third-order valence-corrected chi connectivity index (χ3v) is 6.65. The lowest BCUT2D eigenvalue weighted by atomic mass is 9.65. The molecule has 0 saturated heterocycles. The van der Waals surface area contributed by atoms with E-state index in [0.717, 1.165) is 17.7 Å². The maximum atomic E-state index is 13.6. The molecule has 4 rings (SSSR count). The van der Waals surface area contributed by atoms with Crippen molar-refractivity contribution in [2.45, 2.75) is 38.1 Å². The molecular formula is C25H23Cl2NO. The van der Waals surface area contributed by atoms with E-state index in [1.807, 2.05) is 29.2 Å². The molecule has 0 bridgehead atoms. The lowest BCUT2D eigenvalue weighted by Crippen LogP contribution is -2.55. The summed E-state index contributed by atoms with van der Waals surface area (Å²) in [5.41, 5.74) is 3.27. The molecule has 0 aromatic heterocycles. The van der Waals surface area contributed by atoms with Crippen molar-refractivity contribution in [2.24, 2.45) is 0 Å². The number of anilines is 1. The van der Waals surface area contributed by atoms with E-state index in [1.165, 1.54) is 5.56 Å². The SMILES string of the molecule is CC1(C)C[C@](C)(c2ccccc2)c2ccccc2N1C(=O)c1ccc(Cl)c(Cl)c1. The Morgan fingerprint density at radius 1 is 0.862 bits per heavy atom. The van der Waals surface area contributed by atoms with Gasteiger partial charge in [0.15, 0.2) is 0 Å². The largest absolute Gasteiger partial charge is 0.302 e. The molecule has 4 heteroatoms. The minimum Gasteiger partial charge on any atom is -0.302 e. The fraction of sp³-hybridized carbons (Fsp3) is 0.240. The highest BCUT2D eigenvalue weighted by atomic mass is 35.5. The summed E-state index contributed by atoms with van der Waals surface area (Å²) in [7, 11) is 0. The number of amides is 1. The van der Waals surface area contributed by atoms with Crippen molar-refractivity contribution >= 4 is 34.8 Å². The fourth-order valence-electron chi connectivity index (χ4n) is 4.71. The highest BCUT2D eigenvalue weighted by Crippen LogP contribution is 2.50. The highest BCUT2D eigenvalue weighted by molar-refractivity contribution is 6.42. The number of rotatable bonds is 2. The summed E-state index contributed by atoms with van der Waals surface area (Å²) < 4.78 is 0. The zero-order valence-corrected chi connectivity index (χ0v) is 18.3. The third-order valence-electron chi connectivity index (χ3n) is 5.91. The Bertz CT molecular complexity index is 1080. The quantitative estimate of drug-likeness (QED) is 0.429. The van der Waals surface area contributed by atoms with Crippen LogP contribution in [0.3, 0.4) is 0 Å². The fourth-order valence-corrected chi connectivity index (χ4v) is 5.01. The maximum absolute atomic E-state index is 13.6. The molecule has 0 unspecified atom stereocenters. The van der Waals surface area contributed by atoms with Crippen molar-refractivity contribution < 1.29 is 4.79 Å². The number of hydrogen-bond acceptors (Lipinski definition) is 1. The van der Waals surface area contributed by atoms with E-state index < -0.39 is 5.54 Å².